The molecule has 1 unspecified atom stereocenters. The lowest BCUT2D eigenvalue weighted by Crippen LogP contribution is -2.47. The third-order valence-corrected chi connectivity index (χ3v) is 5.74. The highest BCUT2D eigenvalue weighted by Gasteiger charge is 2.55. The first-order valence-corrected chi connectivity index (χ1v) is 7.26. The van der Waals surface area contributed by atoms with Crippen LogP contribution in [0.3, 0.4) is 0 Å². The lowest BCUT2D eigenvalue weighted by Gasteiger charge is -2.43. The molecule has 1 saturated carbocycles. The summed E-state index contributed by atoms with van der Waals surface area (Å²) in [6.07, 6.45) is 6.33. The highest BCUT2D eigenvalue weighted by Crippen LogP contribution is 2.53. The van der Waals surface area contributed by atoms with Crippen molar-refractivity contribution >= 4 is 17.4 Å². The molecular formula is C16H19ClO. The molecule has 2 aliphatic carbocycles. The van der Waals surface area contributed by atoms with Crippen LogP contribution in [-0.2, 0) is 6.42 Å². The minimum absolute atomic E-state index is 0.259. The Labute approximate surface area is 114 Å². The molecule has 0 radical (unpaired) electrons. The van der Waals surface area contributed by atoms with Crippen LogP contribution in [0.15, 0.2) is 24.3 Å². The number of carbonyl (C=O) groups excluding carboxylic acids is 1. The lowest BCUT2D eigenvalue weighted by atomic mass is 9.67. The minimum Gasteiger partial charge on any atom is -0.293 e. The quantitative estimate of drug-likeness (QED) is 0.687. The van der Waals surface area contributed by atoms with Crippen molar-refractivity contribution in [3.63, 3.8) is 0 Å². The van der Waals surface area contributed by atoms with Gasteiger partial charge in [-0.15, -0.1) is 11.6 Å². The predicted octanol–water partition coefficient (Wildman–Crippen LogP) is 4.37. The first kappa shape index (κ1) is 12.2. The second-order valence-electron chi connectivity index (χ2n) is 6.02. The van der Waals surface area contributed by atoms with Crippen LogP contribution in [-0.4, -0.2) is 10.7 Å². The van der Waals surface area contributed by atoms with Gasteiger partial charge in [-0.25, -0.2) is 0 Å². The van der Waals surface area contributed by atoms with E-state index in [2.05, 4.69) is 13.0 Å². The Kier molecular flexibility index (Phi) is 2.78. The number of fused-ring (bicyclic) bond motifs is 1. The Morgan fingerprint density at radius 3 is 2.44 bits per heavy atom. The lowest BCUT2D eigenvalue weighted by molar-refractivity contribution is 0.0731. The number of halogens is 1. The van der Waals surface area contributed by atoms with Gasteiger partial charge in [-0.2, -0.15) is 0 Å². The Balaban J connectivity index is 2.01. The summed E-state index contributed by atoms with van der Waals surface area (Å²) in [4.78, 5) is 12.4. The molecule has 0 aliphatic heterocycles. The fraction of sp³-hybridized carbons (Fsp3) is 0.562. The molecule has 0 bridgehead atoms. The molecule has 2 aliphatic rings. The van der Waals surface area contributed by atoms with E-state index in [4.69, 9.17) is 11.6 Å². The van der Waals surface area contributed by atoms with Gasteiger partial charge in [-0.05, 0) is 24.8 Å². The molecule has 1 atom stereocenters. The van der Waals surface area contributed by atoms with E-state index in [0.29, 0.717) is 0 Å². The van der Waals surface area contributed by atoms with E-state index in [1.807, 2.05) is 18.2 Å². The molecular weight excluding hydrogens is 244 g/mol. The molecule has 0 spiro atoms. The van der Waals surface area contributed by atoms with E-state index in [-0.39, 0.29) is 10.7 Å². The van der Waals surface area contributed by atoms with Gasteiger partial charge in [0.25, 0.3) is 0 Å². The maximum atomic E-state index is 12.7. The van der Waals surface area contributed by atoms with Crippen LogP contribution in [0.1, 0.15) is 54.9 Å². The molecule has 0 amide bonds. The van der Waals surface area contributed by atoms with E-state index in [9.17, 15) is 4.79 Å². The zero-order valence-electron chi connectivity index (χ0n) is 10.8. The van der Waals surface area contributed by atoms with Crippen molar-refractivity contribution in [2.45, 2.75) is 50.3 Å². The molecule has 0 aromatic heterocycles. The number of carbonyl (C=O) groups is 1. The minimum atomic E-state index is -0.404. The van der Waals surface area contributed by atoms with E-state index in [1.165, 1.54) is 12.0 Å². The number of Topliss-reactive ketones (excluding diaryl/α,β-unsaturated/α-hetero) is 1. The number of hydrogen-bond acceptors (Lipinski definition) is 1. The molecule has 1 fully saturated rings. The highest BCUT2D eigenvalue weighted by molar-refractivity contribution is 6.27. The maximum absolute atomic E-state index is 12.7. The van der Waals surface area contributed by atoms with Gasteiger partial charge in [0.1, 0.15) is 0 Å². The van der Waals surface area contributed by atoms with Crippen LogP contribution in [0.2, 0.25) is 0 Å². The van der Waals surface area contributed by atoms with Crippen molar-refractivity contribution in [1.29, 1.82) is 0 Å². The summed E-state index contributed by atoms with van der Waals surface area (Å²) in [5, 5.41) is 0. The van der Waals surface area contributed by atoms with Crippen molar-refractivity contribution in [2.75, 3.05) is 0 Å². The van der Waals surface area contributed by atoms with Crippen LogP contribution in [0, 0.1) is 5.41 Å². The topological polar surface area (TPSA) is 17.1 Å². The Morgan fingerprint density at radius 1 is 1.11 bits per heavy atom. The zero-order chi connectivity index (χ0) is 12.8. The number of benzene rings is 1. The summed E-state index contributed by atoms with van der Waals surface area (Å²) in [6, 6.07) is 7.98. The van der Waals surface area contributed by atoms with Gasteiger partial charge in [0.15, 0.2) is 5.78 Å². The molecule has 1 aromatic rings. The van der Waals surface area contributed by atoms with Crippen LogP contribution in [0.4, 0.5) is 0 Å². The Morgan fingerprint density at radius 2 is 1.78 bits per heavy atom. The molecule has 3 rings (SSSR count). The standard InChI is InChI=1S/C16H19ClO/c1-15(16(17)9-5-2-6-10-16)11-12-7-3-4-8-13(12)14(15)18/h3-4,7-8H,2,5-6,9-11H2,1H3. The van der Waals surface area contributed by atoms with E-state index >= 15 is 0 Å². The molecule has 0 saturated heterocycles. The molecule has 1 nitrogen and oxygen atoms in total. The maximum Gasteiger partial charge on any atom is 0.171 e. The van der Waals surface area contributed by atoms with Crippen LogP contribution in [0.5, 0.6) is 0 Å². The third kappa shape index (κ3) is 1.56. The normalized spacial score (nSPS) is 30.2. The average Bonchev–Trinajstić information content (AvgIpc) is 2.65. The van der Waals surface area contributed by atoms with Gasteiger partial charge in [0.2, 0.25) is 0 Å². The Bertz CT molecular complexity index is 488. The number of ketones is 1. The second-order valence-corrected chi connectivity index (χ2v) is 6.74. The van der Waals surface area contributed by atoms with E-state index in [0.717, 1.165) is 37.7 Å². The average molecular weight is 263 g/mol. The SMILES string of the molecule is CC1(C2(Cl)CCCCC2)Cc2ccccc2C1=O. The van der Waals surface area contributed by atoms with Gasteiger partial charge in [0.05, 0.1) is 10.3 Å². The summed E-state index contributed by atoms with van der Waals surface area (Å²) in [6.45, 7) is 2.08. The van der Waals surface area contributed by atoms with Gasteiger partial charge >= 0.3 is 0 Å². The number of hydrogen-bond donors (Lipinski definition) is 0. The fourth-order valence-electron chi connectivity index (χ4n) is 3.68. The number of alkyl halides is 1. The van der Waals surface area contributed by atoms with Gasteiger partial charge in [0, 0.05) is 5.56 Å². The molecule has 18 heavy (non-hydrogen) atoms. The third-order valence-electron chi connectivity index (χ3n) is 4.94. The molecule has 2 heteroatoms. The highest BCUT2D eigenvalue weighted by atomic mass is 35.5. The number of rotatable bonds is 1. The van der Waals surface area contributed by atoms with Crippen LogP contribution in [0.25, 0.3) is 0 Å². The van der Waals surface area contributed by atoms with Gasteiger partial charge < -0.3 is 0 Å². The second kappa shape index (κ2) is 4.09. The van der Waals surface area contributed by atoms with Crippen molar-refractivity contribution in [3.05, 3.63) is 35.4 Å². The summed E-state index contributed by atoms with van der Waals surface area (Å²) < 4.78 is 0. The van der Waals surface area contributed by atoms with Crippen LogP contribution >= 0.6 is 11.6 Å². The zero-order valence-corrected chi connectivity index (χ0v) is 11.6. The van der Waals surface area contributed by atoms with Crippen molar-refractivity contribution in [3.8, 4) is 0 Å². The molecule has 0 heterocycles. The summed E-state index contributed by atoms with van der Waals surface area (Å²) >= 11 is 6.89. The van der Waals surface area contributed by atoms with Crippen LogP contribution < -0.4 is 0 Å². The fourth-order valence-corrected chi connectivity index (χ4v) is 4.10. The van der Waals surface area contributed by atoms with E-state index < -0.39 is 5.41 Å². The van der Waals surface area contributed by atoms with Crippen molar-refractivity contribution in [2.24, 2.45) is 5.41 Å². The monoisotopic (exact) mass is 262 g/mol. The molecule has 0 N–H and O–H groups in total. The van der Waals surface area contributed by atoms with E-state index in [1.54, 1.807) is 0 Å². The summed E-state index contributed by atoms with van der Waals surface area (Å²) in [5.41, 5.74) is 1.67. The van der Waals surface area contributed by atoms with Gasteiger partial charge in [-0.3, -0.25) is 4.79 Å². The smallest absolute Gasteiger partial charge is 0.171 e. The Hall–Kier alpha value is -0.820. The molecule has 96 valence electrons. The first-order chi connectivity index (χ1) is 8.57. The molecule has 1 aromatic carbocycles. The summed E-state index contributed by atoms with van der Waals surface area (Å²) in [5.74, 6) is 0.259. The first-order valence-electron chi connectivity index (χ1n) is 6.88. The predicted molar refractivity (Wildman–Crippen MR) is 74.3 cm³/mol. The van der Waals surface area contributed by atoms with Gasteiger partial charge in [-0.1, -0.05) is 50.5 Å². The largest absolute Gasteiger partial charge is 0.293 e. The van der Waals surface area contributed by atoms with Crippen molar-refractivity contribution in [1.82, 2.24) is 0 Å². The van der Waals surface area contributed by atoms with Crippen molar-refractivity contribution < 1.29 is 4.79 Å². The summed E-state index contributed by atoms with van der Waals surface area (Å²) in [7, 11) is 0.